The fourth-order valence-corrected chi connectivity index (χ4v) is 6.35. The summed E-state index contributed by atoms with van der Waals surface area (Å²) in [5, 5.41) is 3.91. The molecular formula is C30H31N5O5S2. The molecule has 10 nitrogen and oxygen atoms in total. The highest BCUT2D eigenvalue weighted by Crippen LogP contribution is 2.45. The van der Waals surface area contributed by atoms with Crippen LogP contribution in [0.2, 0.25) is 0 Å². The van der Waals surface area contributed by atoms with Gasteiger partial charge in [-0.25, -0.2) is 13.2 Å². The summed E-state index contributed by atoms with van der Waals surface area (Å²) < 4.78 is 39.3. The van der Waals surface area contributed by atoms with E-state index in [1.54, 1.807) is 30.5 Å². The number of anilines is 2. The van der Waals surface area contributed by atoms with Crippen LogP contribution in [0.5, 0.6) is 5.75 Å². The molecule has 2 aromatic carbocycles. The minimum atomic E-state index is -3.58. The second kappa shape index (κ2) is 11.5. The van der Waals surface area contributed by atoms with Crippen molar-refractivity contribution in [3.63, 3.8) is 0 Å². The summed E-state index contributed by atoms with van der Waals surface area (Å²) in [6.07, 6.45) is 2.83. The van der Waals surface area contributed by atoms with Crippen LogP contribution in [0.1, 0.15) is 45.1 Å². The summed E-state index contributed by atoms with van der Waals surface area (Å²) in [6.45, 7) is 4.02. The fourth-order valence-electron chi connectivity index (χ4n) is 5.45. The summed E-state index contributed by atoms with van der Waals surface area (Å²) in [7, 11) is -0.738. The van der Waals surface area contributed by atoms with Crippen molar-refractivity contribution >= 4 is 44.7 Å². The number of esters is 1. The number of thiocarbonyl (C=S) groups is 1. The van der Waals surface area contributed by atoms with Crippen molar-refractivity contribution in [2.24, 2.45) is 0 Å². The summed E-state index contributed by atoms with van der Waals surface area (Å²) in [5.74, 6) is -0.0342. The Balaban J connectivity index is 1.68. The molecular weight excluding hydrogens is 574 g/mol. The number of aryl methyl sites for hydroxylation is 1. The van der Waals surface area contributed by atoms with Gasteiger partial charge in [0.1, 0.15) is 5.75 Å². The number of carbonyl (C=O) groups excluding carboxylic acids is 1. The highest BCUT2D eigenvalue weighted by Gasteiger charge is 2.42. The molecule has 0 unspecified atom stereocenters. The molecule has 0 amide bonds. The van der Waals surface area contributed by atoms with E-state index in [4.69, 9.17) is 21.7 Å². The zero-order valence-corrected chi connectivity index (χ0v) is 25.4. The standard InChI is InChI=1S/C30H31N5O5S2/c1-18-15-23(19(2)34(18)21-10-8-9-20(16-21)29(36)40-4)28-27(24-11-6-7-14-31-24)32-30(41)35(28)22-12-13-26(39-3)25(17-22)33-42(5,37)38/h6-17,27-28,33H,1-5H3,(H,32,41)/t27-,28-/m0/s1. The fraction of sp³-hybridized carbons (Fsp3) is 0.233. The molecule has 0 bridgehead atoms. The number of sulfonamides is 1. The quantitative estimate of drug-likeness (QED) is 0.215. The van der Waals surface area contributed by atoms with Gasteiger partial charge in [0.15, 0.2) is 5.11 Å². The van der Waals surface area contributed by atoms with Crippen molar-refractivity contribution in [2.75, 3.05) is 30.1 Å². The van der Waals surface area contributed by atoms with Crippen LogP contribution >= 0.6 is 12.2 Å². The molecule has 1 saturated heterocycles. The Labute approximate surface area is 250 Å². The second-order valence-electron chi connectivity index (χ2n) is 9.96. The zero-order chi connectivity index (χ0) is 30.2. The Bertz CT molecular complexity index is 1770. The first-order valence-corrected chi connectivity index (χ1v) is 15.4. The van der Waals surface area contributed by atoms with Gasteiger partial charge in [0.2, 0.25) is 10.0 Å². The maximum atomic E-state index is 12.3. The zero-order valence-electron chi connectivity index (χ0n) is 23.8. The van der Waals surface area contributed by atoms with E-state index in [1.807, 2.05) is 55.1 Å². The van der Waals surface area contributed by atoms with Crippen LogP contribution in [0.25, 0.3) is 5.69 Å². The molecule has 2 N–H and O–H groups in total. The molecule has 218 valence electrons. The second-order valence-corrected chi connectivity index (χ2v) is 12.1. The Hall–Kier alpha value is -4.42. The van der Waals surface area contributed by atoms with Crippen molar-refractivity contribution in [1.29, 1.82) is 0 Å². The van der Waals surface area contributed by atoms with Crippen molar-refractivity contribution < 1.29 is 22.7 Å². The van der Waals surface area contributed by atoms with E-state index in [9.17, 15) is 13.2 Å². The molecule has 2 aromatic heterocycles. The molecule has 0 radical (unpaired) electrons. The normalized spacial score (nSPS) is 16.7. The number of pyridine rings is 1. The Morgan fingerprint density at radius 3 is 2.48 bits per heavy atom. The van der Waals surface area contributed by atoms with Crippen LogP contribution in [0.15, 0.2) is 72.9 Å². The molecule has 4 aromatic rings. The van der Waals surface area contributed by atoms with Gasteiger partial charge in [0.25, 0.3) is 0 Å². The van der Waals surface area contributed by atoms with E-state index in [0.29, 0.717) is 27.8 Å². The molecule has 1 aliphatic rings. The maximum Gasteiger partial charge on any atom is 0.337 e. The topological polar surface area (TPSA) is 115 Å². The van der Waals surface area contributed by atoms with E-state index >= 15 is 0 Å². The average Bonchev–Trinajstić information content (AvgIpc) is 3.46. The number of hydrogen-bond donors (Lipinski definition) is 2. The first-order chi connectivity index (χ1) is 20.0. The number of hydrogen-bond acceptors (Lipinski definition) is 7. The molecule has 3 heterocycles. The molecule has 0 saturated carbocycles. The number of nitrogens with one attached hydrogen (secondary N) is 2. The minimum absolute atomic E-state index is 0.297. The lowest BCUT2D eigenvalue weighted by Crippen LogP contribution is -2.29. The van der Waals surface area contributed by atoms with Crippen molar-refractivity contribution in [3.8, 4) is 11.4 Å². The lowest BCUT2D eigenvalue weighted by atomic mass is 9.96. The summed E-state index contributed by atoms with van der Waals surface area (Å²) >= 11 is 5.89. The predicted octanol–water partition coefficient (Wildman–Crippen LogP) is 4.83. The van der Waals surface area contributed by atoms with E-state index < -0.39 is 16.0 Å². The molecule has 1 fully saturated rings. The predicted molar refractivity (Wildman–Crippen MR) is 166 cm³/mol. The highest BCUT2D eigenvalue weighted by atomic mass is 32.2. The van der Waals surface area contributed by atoms with E-state index in [-0.39, 0.29) is 12.1 Å². The van der Waals surface area contributed by atoms with Crippen LogP contribution in [0.3, 0.4) is 0 Å². The van der Waals surface area contributed by atoms with Gasteiger partial charge < -0.3 is 24.3 Å². The summed E-state index contributed by atoms with van der Waals surface area (Å²) in [4.78, 5) is 18.9. The van der Waals surface area contributed by atoms with E-state index in [2.05, 4.69) is 25.7 Å². The molecule has 0 aliphatic carbocycles. The van der Waals surface area contributed by atoms with Crippen LogP contribution in [0, 0.1) is 13.8 Å². The Kier molecular flexibility index (Phi) is 7.93. The lowest BCUT2D eigenvalue weighted by Gasteiger charge is -2.29. The number of aromatic nitrogens is 2. The summed E-state index contributed by atoms with van der Waals surface area (Å²) in [5.41, 5.74) is 5.91. The van der Waals surface area contributed by atoms with Crippen LogP contribution in [-0.2, 0) is 14.8 Å². The molecule has 2 atom stereocenters. The van der Waals surface area contributed by atoms with Gasteiger partial charge in [-0.3, -0.25) is 9.71 Å². The van der Waals surface area contributed by atoms with Gasteiger partial charge in [0, 0.05) is 29.0 Å². The van der Waals surface area contributed by atoms with Crippen molar-refractivity contribution in [1.82, 2.24) is 14.9 Å². The SMILES string of the molecule is COC(=O)c1cccc(-n2c(C)cc([C@H]3[C@H](c4ccccn4)NC(=S)N3c3ccc(OC)c(NS(C)(=O)=O)c3)c2C)c1. The number of carbonyl (C=O) groups is 1. The van der Waals surface area contributed by atoms with Crippen molar-refractivity contribution in [3.05, 3.63) is 101 Å². The maximum absolute atomic E-state index is 12.3. The van der Waals surface area contributed by atoms with Crippen LogP contribution in [-0.4, -0.2) is 49.5 Å². The van der Waals surface area contributed by atoms with Crippen LogP contribution < -0.4 is 19.7 Å². The van der Waals surface area contributed by atoms with E-state index in [1.165, 1.54) is 14.2 Å². The first-order valence-electron chi connectivity index (χ1n) is 13.1. The number of ether oxygens (including phenoxy) is 2. The van der Waals surface area contributed by atoms with Gasteiger partial charge in [-0.2, -0.15) is 0 Å². The van der Waals surface area contributed by atoms with Gasteiger partial charge in [-0.05, 0) is 86.2 Å². The highest BCUT2D eigenvalue weighted by molar-refractivity contribution is 7.92. The van der Waals surface area contributed by atoms with Crippen LogP contribution in [0.4, 0.5) is 11.4 Å². The summed E-state index contributed by atoms with van der Waals surface area (Å²) in [6, 6.07) is 19.7. The third-order valence-electron chi connectivity index (χ3n) is 7.17. The molecule has 0 spiro atoms. The monoisotopic (exact) mass is 605 g/mol. The third-order valence-corrected chi connectivity index (χ3v) is 8.07. The minimum Gasteiger partial charge on any atom is -0.495 e. The van der Waals surface area contributed by atoms with E-state index in [0.717, 1.165) is 34.6 Å². The molecule has 42 heavy (non-hydrogen) atoms. The molecule has 5 rings (SSSR count). The number of nitrogens with zero attached hydrogens (tertiary/aromatic N) is 3. The van der Waals surface area contributed by atoms with Gasteiger partial charge in [-0.1, -0.05) is 12.1 Å². The number of rotatable bonds is 8. The largest absolute Gasteiger partial charge is 0.495 e. The number of methoxy groups -OCH3 is 2. The first kappa shape index (κ1) is 29.1. The average molecular weight is 606 g/mol. The van der Waals surface area contributed by atoms with Gasteiger partial charge >= 0.3 is 5.97 Å². The Morgan fingerprint density at radius 2 is 1.81 bits per heavy atom. The van der Waals surface area contributed by atoms with Gasteiger partial charge in [-0.15, -0.1) is 0 Å². The smallest absolute Gasteiger partial charge is 0.337 e. The molecule has 12 heteroatoms. The van der Waals surface area contributed by atoms with Gasteiger partial charge in [0.05, 0.1) is 49.5 Å². The Morgan fingerprint density at radius 1 is 1.02 bits per heavy atom. The van der Waals surface area contributed by atoms with Crippen molar-refractivity contribution in [2.45, 2.75) is 25.9 Å². The number of benzene rings is 2. The lowest BCUT2D eigenvalue weighted by molar-refractivity contribution is 0.0600. The third kappa shape index (κ3) is 5.55. The molecule has 1 aliphatic heterocycles.